The SMILES string of the molecule is CC(C)(C)c1cnc(S(N)(=O)=O)c(OC2CC2)c1. The molecule has 0 amide bonds. The topological polar surface area (TPSA) is 82.3 Å². The van der Waals surface area contributed by atoms with Gasteiger partial charge in [0, 0.05) is 6.20 Å². The molecule has 0 aliphatic heterocycles. The molecule has 1 aliphatic carbocycles. The quantitative estimate of drug-likeness (QED) is 0.903. The standard InChI is InChI=1S/C12H18N2O3S/c1-12(2,3)8-6-10(17-9-4-5-9)11(14-7-8)18(13,15)16/h6-7,9H,4-5H2,1-3H3,(H2,13,15,16). The molecule has 0 atom stereocenters. The second-order valence-corrected chi connectivity index (χ2v) is 7.12. The summed E-state index contributed by atoms with van der Waals surface area (Å²) >= 11 is 0. The van der Waals surface area contributed by atoms with Gasteiger partial charge in [0.25, 0.3) is 10.0 Å². The molecule has 0 spiro atoms. The Labute approximate surface area is 107 Å². The summed E-state index contributed by atoms with van der Waals surface area (Å²) in [6, 6.07) is 1.73. The van der Waals surface area contributed by atoms with Crippen molar-refractivity contribution >= 4 is 10.0 Å². The number of ether oxygens (including phenoxy) is 1. The average molecular weight is 270 g/mol. The number of rotatable bonds is 3. The fourth-order valence-corrected chi connectivity index (χ4v) is 2.09. The predicted molar refractivity (Wildman–Crippen MR) is 68.0 cm³/mol. The van der Waals surface area contributed by atoms with Crippen molar-refractivity contribution in [2.45, 2.75) is 50.2 Å². The second-order valence-electron chi connectivity index (χ2n) is 5.64. The van der Waals surface area contributed by atoms with E-state index in [4.69, 9.17) is 9.88 Å². The first-order chi connectivity index (χ1) is 8.18. The lowest BCUT2D eigenvalue weighted by molar-refractivity contribution is 0.291. The molecule has 2 N–H and O–H groups in total. The predicted octanol–water partition coefficient (Wildman–Crippen LogP) is 1.57. The minimum atomic E-state index is -3.85. The second kappa shape index (κ2) is 4.20. The third-order valence-corrected chi connectivity index (χ3v) is 3.62. The zero-order chi connectivity index (χ0) is 13.6. The number of sulfonamides is 1. The fourth-order valence-electron chi connectivity index (χ4n) is 1.51. The van der Waals surface area contributed by atoms with E-state index in [-0.39, 0.29) is 22.3 Å². The van der Waals surface area contributed by atoms with Crippen molar-refractivity contribution in [1.82, 2.24) is 4.98 Å². The summed E-state index contributed by atoms with van der Waals surface area (Å²) < 4.78 is 28.5. The lowest BCUT2D eigenvalue weighted by Gasteiger charge is -2.20. The molecule has 6 heteroatoms. The van der Waals surface area contributed by atoms with Crippen molar-refractivity contribution in [2.24, 2.45) is 5.14 Å². The highest BCUT2D eigenvalue weighted by atomic mass is 32.2. The zero-order valence-corrected chi connectivity index (χ0v) is 11.6. The Balaban J connectivity index is 2.47. The van der Waals surface area contributed by atoms with Crippen LogP contribution in [0.2, 0.25) is 0 Å². The van der Waals surface area contributed by atoms with E-state index in [1.165, 1.54) is 0 Å². The van der Waals surface area contributed by atoms with Crippen LogP contribution in [0.4, 0.5) is 0 Å². The first-order valence-electron chi connectivity index (χ1n) is 5.88. The Morgan fingerprint density at radius 2 is 2.00 bits per heavy atom. The van der Waals surface area contributed by atoms with Crippen LogP contribution in [-0.4, -0.2) is 19.5 Å². The molecule has 5 nitrogen and oxygen atoms in total. The van der Waals surface area contributed by atoms with E-state index < -0.39 is 10.0 Å². The molecule has 18 heavy (non-hydrogen) atoms. The van der Waals surface area contributed by atoms with E-state index >= 15 is 0 Å². The molecule has 0 saturated heterocycles. The van der Waals surface area contributed by atoms with E-state index in [9.17, 15) is 8.42 Å². The molecule has 100 valence electrons. The summed E-state index contributed by atoms with van der Waals surface area (Å²) in [6.07, 6.45) is 3.54. The van der Waals surface area contributed by atoms with Crippen LogP contribution in [0, 0.1) is 0 Å². The van der Waals surface area contributed by atoms with Gasteiger partial charge in [0.1, 0.15) is 0 Å². The number of aromatic nitrogens is 1. The molecule has 0 radical (unpaired) electrons. The van der Waals surface area contributed by atoms with Gasteiger partial charge < -0.3 is 4.74 Å². The van der Waals surface area contributed by atoms with Crippen molar-refractivity contribution in [2.75, 3.05) is 0 Å². The summed E-state index contributed by atoms with van der Waals surface area (Å²) in [7, 11) is -3.85. The Morgan fingerprint density at radius 3 is 2.44 bits per heavy atom. The summed E-state index contributed by atoms with van der Waals surface area (Å²) in [5, 5.41) is 4.96. The van der Waals surface area contributed by atoms with Gasteiger partial charge in [-0.3, -0.25) is 0 Å². The van der Waals surface area contributed by atoms with Crippen molar-refractivity contribution in [3.05, 3.63) is 17.8 Å². The van der Waals surface area contributed by atoms with E-state index in [0.29, 0.717) is 0 Å². The zero-order valence-electron chi connectivity index (χ0n) is 10.8. The fraction of sp³-hybridized carbons (Fsp3) is 0.583. The van der Waals surface area contributed by atoms with Gasteiger partial charge in [-0.25, -0.2) is 18.5 Å². The smallest absolute Gasteiger partial charge is 0.259 e. The van der Waals surface area contributed by atoms with Gasteiger partial charge in [-0.05, 0) is 29.9 Å². The molecule has 1 aromatic heterocycles. The van der Waals surface area contributed by atoms with Crippen molar-refractivity contribution in [1.29, 1.82) is 0 Å². The van der Waals surface area contributed by atoms with Gasteiger partial charge >= 0.3 is 0 Å². The summed E-state index contributed by atoms with van der Waals surface area (Å²) in [6.45, 7) is 6.09. The Kier molecular flexibility index (Phi) is 3.11. The van der Waals surface area contributed by atoms with Crippen LogP contribution in [0.1, 0.15) is 39.2 Å². The highest BCUT2D eigenvalue weighted by molar-refractivity contribution is 7.89. The van der Waals surface area contributed by atoms with Gasteiger partial charge in [0.05, 0.1) is 6.10 Å². The Hall–Kier alpha value is -1.14. The Bertz CT molecular complexity index is 557. The van der Waals surface area contributed by atoms with Crippen molar-refractivity contribution in [3.8, 4) is 5.75 Å². The maximum atomic E-state index is 11.5. The first-order valence-corrected chi connectivity index (χ1v) is 7.42. The highest BCUT2D eigenvalue weighted by Gasteiger charge is 2.28. The van der Waals surface area contributed by atoms with Gasteiger partial charge in [-0.1, -0.05) is 20.8 Å². The maximum Gasteiger partial charge on any atom is 0.259 e. The molecule has 0 bridgehead atoms. The number of primary sulfonamides is 1. The summed E-state index contributed by atoms with van der Waals surface area (Å²) in [5.41, 5.74) is 0.802. The molecule has 0 aromatic carbocycles. The molecule has 1 fully saturated rings. The first kappa shape index (κ1) is 13.3. The highest BCUT2D eigenvalue weighted by Crippen LogP contribution is 2.33. The monoisotopic (exact) mass is 270 g/mol. The number of pyridine rings is 1. The van der Waals surface area contributed by atoms with Crippen LogP contribution < -0.4 is 9.88 Å². The number of hydrogen-bond donors (Lipinski definition) is 1. The third kappa shape index (κ3) is 3.00. The summed E-state index contributed by atoms with van der Waals surface area (Å²) in [4.78, 5) is 3.96. The molecule has 1 aliphatic rings. The third-order valence-electron chi connectivity index (χ3n) is 2.77. The molecular formula is C12H18N2O3S. The van der Waals surface area contributed by atoms with Gasteiger partial charge in [-0.15, -0.1) is 0 Å². The van der Waals surface area contributed by atoms with Crippen LogP contribution >= 0.6 is 0 Å². The van der Waals surface area contributed by atoms with E-state index in [2.05, 4.69) is 4.98 Å². The lowest BCUT2D eigenvalue weighted by Crippen LogP contribution is -2.18. The number of hydrogen-bond acceptors (Lipinski definition) is 4. The van der Waals surface area contributed by atoms with E-state index in [0.717, 1.165) is 18.4 Å². The Morgan fingerprint density at radius 1 is 1.39 bits per heavy atom. The molecular weight excluding hydrogens is 252 g/mol. The van der Waals surface area contributed by atoms with Gasteiger partial charge in [0.15, 0.2) is 5.75 Å². The normalized spacial score (nSPS) is 16.7. The minimum absolute atomic E-state index is 0.0996. The van der Waals surface area contributed by atoms with Gasteiger partial charge in [0.2, 0.25) is 5.03 Å². The van der Waals surface area contributed by atoms with Crippen LogP contribution in [0.3, 0.4) is 0 Å². The molecule has 1 saturated carbocycles. The molecule has 2 rings (SSSR count). The average Bonchev–Trinajstić information content (AvgIpc) is 2.98. The maximum absolute atomic E-state index is 11.5. The van der Waals surface area contributed by atoms with Crippen LogP contribution in [0.15, 0.2) is 17.3 Å². The lowest BCUT2D eigenvalue weighted by atomic mass is 9.88. The van der Waals surface area contributed by atoms with Crippen LogP contribution in [0.25, 0.3) is 0 Å². The summed E-state index contributed by atoms with van der Waals surface area (Å²) in [5.74, 6) is 0.271. The molecule has 1 heterocycles. The van der Waals surface area contributed by atoms with Crippen LogP contribution in [0.5, 0.6) is 5.75 Å². The van der Waals surface area contributed by atoms with Gasteiger partial charge in [-0.2, -0.15) is 0 Å². The number of nitrogens with two attached hydrogens (primary N) is 1. The molecule has 0 unspecified atom stereocenters. The van der Waals surface area contributed by atoms with Crippen molar-refractivity contribution in [3.63, 3.8) is 0 Å². The molecule has 1 aromatic rings. The number of nitrogens with zero attached hydrogens (tertiary/aromatic N) is 1. The van der Waals surface area contributed by atoms with E-state index in [1.807, 2.05) is 20.8 Å². The van der Waals surface area contributed by atoms with Crippen LogP contribution in [-0.2, 0) is 15.4 Å². The van der Waals surface area contributed by atoms with Crippen molar-refractivity contribution < 1.29 is 13.2 Å². The largest absolute Gasteiger partial charge is 0.487 e. The minimum Gasteiger partial charge on any atom is -0.487 e. The van der Waals surface area contributed by atoms with E-state index in [1.54, 1.807) is 12.3 Å².